The van der Waals surface area contributed by atoms with Gasteiger partial charge in [-0.25, -0.2) is 4.39 Å². The van der Waals surface area contributed by atoms with Gasteiger partial charge in [0.25, 0.3) is 0 Å². The second-order valence-corrected chi connectivity index (χ2v) is 7.55. The van der Waals surface area contributed by atoms with E-state index in [1.54, 1.807) is 0 Å². The minimum atomic E-state index is -0.259. The molecule has 1 nitrogen and oxygen atoms in total. The lowest BCUT2D eigenvalue weighted by Crippen LogP contribution is -2.45. The summed E-state index contributed by atoms with van der Waals surface area (Å²) >= 11 is 0. The maximum atomic E-state index is 14.1. The van der Waals surface area contributed by atoms with E-state index < -0.39 is 0 Å². The van der Waals surface area contributed by atoms with Gasteiger partial charge >= 0.3 is 0 Å². The lowest BCUT2D eigenvalue weighted by Gasteiger charge is -2.48. The van der Waals surface area contributed by atoms with E-state index >= 15 is 0 Å². The third-order valence-corrected chi connectivity index (χ3v) is 5.91. The first-order valence-corrected chi connectivity index (χ1v) is 8.04. The van der Waals surface area contributed by atoms with Gasteiger partial charge in [0.2, 0.25) is 0 Å². The Labute approximate surface area is 116 Å². The van der Waals surface area contributed by atoms with Gasteiger partial charge in [0, 0.05) is 5.41 Å². The molecular weight excluding hydrogens is 239 g/mol. The van der Waals surface area contributed by atoms with Crippen molar-refractivity contribution in [2.24, 2.45) is 17.3 Å². The van der Waals surface area contributed by atoms with E-state index in [4.69, 9.17) is 4.74 Å². The van der Waals surface area contributed by atoms with Gasteiger partial charge in [-0.3, -0.25) is 0 Å². The predicted molar refractivity (Wildman–Crippen MR) is 75.6 cm³/mol. The van der Waals surface area contributed by atoms with Crippen molar-refractivity contribution < 1.29 is 9.13 Å². The summed E-state index contributed by atoms with van der Waals surface area (Å²) in [6.07, 6.45) is 11.0. The Morgan fingerprint density at radius 3 is 2.37 bits per heavy atom. The van der Waals surface area contributed by atoms with Crippen LogP contribution in [0.3, 0.4) is 0 Å². The van der Waals surface area contributed by atoms with Gasteiger partial charge in [-0.2, -0.15) is 0 Å². The molecule has 0 aromatic rings. The summed E-state index contributed by atoms with van der Waals surface area (Å²) in [6.45, 7) is 5.24. The second-order valence-electron chi connectivity index (χ2n) is 7.55. The molecule has 2 heteroatoms. The van der Waals surface area contributed by atoms with Crippen molar-refractivity contribution in [2.75, 3.05) is 6.61 Å². The molecule has 0 aromatic heterocycles. The van der Waals surface area contributed by atoms with Crippen molar-refractivity contribution in [3.05, 3.63) is 11.9 Å². The average molecular weight is 266 g/mol. The molecule has 19 heavy (non-hydrogen) atoms. The number of hydrogen-bond donors (Lipinski definition) is 0. The van der Waals surface area contributed by atoms with Crippen LogP contribution in [0.25, 0.3) is 0 Å². The first-order valence-electron chi connectivity index (χ1n) is 8.04. The van der Waals surface area contributed by atoms with Crippen LogP contribution in [-0.2, 0) is 4.74 Å². The molecule has 0 amide bonds. The Morgan fingerprint density at radius 1 is 1.16 bits per heavy atom. The lowest BCUT2D eigenvalue weighted by atomic mass is 9.63. The molecule has 0 unspecified atom stereocenters. The number of fused-ring (bicyclic) bond motifs is 2. The van der Waals surface area contributed by atoms with Crippen LogP contribution in [0, 0.1) is 17.3 Å². The average Bonchev–Trinajstić information content (AvgIpc) is 2.41. The highest BCUT2D eigenvalue weighted by molar-refractivity contribution is 5.23. The molecule has 0 heterocycles. The van der Waals surface area contributed by atoms with Gasteiger partial charge in [-0.1, -0.05) is 26.7 Å². The van der Waals surface area contributed by atoms with Gasteiger partial charge < -0.3 is 4.74 Å². The van der Waals surface area contributed by atoms with Crippen LogP contribution in [0.2, 0.25) is 0 Å². The molecule has 0 aromatic carbocycles. The highest BCUT2D eigenvalue weighted by Gasteiger charge is 2.48. The smallest absolute Gasteiger partial charge is 0.105 e. The quantitative estimate of drug-likeness (QED) is 0.697. The third kappa shape index (κ3) is 2.61. The normalized spacial score (nSPS) is 46.2. The number of allylic oxidation sites excluding steroid dienone is 1. The zero-order valence-electron chi connectivity index (χ0n) is 12.4. The van der Waals surface area contributed by atoms with E-state index in [0.717, 1.165) is 38.2 Å². The monoisotopic (exact) mass is 266 g/mol. The molecule has 4 aliphatic carbocycles. The SMILES string of the molecule is CC1CCC(COC23C=C(F)C(C)(CC2)CC3)CC1. The van der Waals surface area contributed by atoms with Crippen molar-refractivity contribution in [1.82, 2.24) is 0 Å². The largest absolute Gasteiger partial charge is 0.371 e. The van der Waals surface area contributed by atoms with E-state index in [-0.39, 0.29) is 16.8 Å². The number of halogens is 1. The Bertz CT molecular complexity index is 357. The molecule has 2 saturated carbocycles. The van der Waals surface area contributed by atoms with Gasteiger partial charge in [0.05, 0.1) is 12.2 Å². The van der Waals surface area contributed by atoms with E-state index in [0.29, 0.717) is 5.92 Å². The zero-order chi connectivity index (χ0) is 13.5. The minimum absolute atomic E-state index is 0.0854. The van der Waals surface area contributed by atoms with Gasteiger partial charge in [0.15, 0.2) is 0 Å². The Balaban J connectivity index is 1.58. The number of hydrogen-bond acceptors (Lipinski definition) is 1. The third-order valence-electron chi connectivity index (χ3n) is 5.91. The summed E-state index contributed by atoms with van der Waals surface area (Å²) in [6, 6.07) is 0. The summed E-state index contributed by atoms with van der Waals surface area (Å²) in [5.41, 5.74) is -0.434. The molecule has 0 atom stereocenters. The fourth-order valence-electron chi connectivity index (χ4n) is 3.98. The van der Waals surface area contributed by atoms with Gasteiger partial charge in [-0.15, -0.1) is 0 Å². The van der Waals surface area contributed by atoms with Gasteiger partial charge in [0.1, 0.15) is 5.83 Å². The van der Waals surface area contributed by atoms with Crippen molar-refractivity contribution in [3.8, 4) is 0 Å². The topological polar surface area (TPSA) is 9.23 Å². The maximum Gasteiger partial charge on any atom is 0.105 e. The van der Waals surface area contributed by atoms with Crippen LogP contribution >= 0.6 is 0 Å². The summed E-state index contributed by atoms with van der Waals surface area (Å²) in [7, 11) is 0. The highest BCUT2D eigenvalue weighted by atomic mass is 19.1. The molecule has 0 aliphatic heterocycles. The molecule has 2 bridgehead atoms. The van der Waals surface area contributed by atoms with Gasteiger partial charge in [-0.05, 0) is 56.4 Å². The molecule has 0 radical (unpaired) electrons. The van der Waals surface area contributed by atoms with E-state index in [2.05, 4.69) is 13.8 Å². The zero-order valence-corrected chi connectivity index (χ0v) is 12.4. The molecular formula is C17H27FO. The Morgan fingerprint density at radius 2 is 1.79 bits per heavy atom. The van der Waals surface area contributed by atoms with Crippen LogP contribution in [0.15, 0.2) is 11.9 Å². The summed E-state index contributed by atoms with van der Waals surface area (Å²) in [5, 5.41) is 0. The summed E-state index contributed by atoms with van der Waals surface area (Å²) in [5.74, 6) is 1.68. The summed E-state index contributed by atoms with van der Waals surface area (Å²) < 4.78 is 20.3. The van der Waals surface area contributed by atoms with Crippen LogP contribution in [0.4, 0.5) is 4.39 Å². The van der Waals surface area contributed by atoms with Crippen LogP contribution in [0.1, 0.15) is 65.2 Å². The first-order chi connectivity index (χ1) is 9.01. The fraction of sp³-hybridized carbons (Fsp3) is 0.882. The molecule has 108 valence electrons. The van der Waals surface area contributed by atoms with E-state index in [9.17, 15) is 4.39 Å². The minimum Gasteiger partial charge on any atom is -0.371 e. The molecule has 4 rings (SSSR count). The second kappa shape index (κ2) is 4.87. The van der Waals surface area contributed by atoms with Crippen LogP contribution < -0.4 is 0 Å². The fourth-order valence-corrected chi connectivity index (χ4v) is 3.98. The lowest BCUT2D eigenvalue weighted by molar-refractivity contribution is -0.0854. The maximum absolute atomic E-state index is 14.1. The van der Waals surface area contributed by atoms with Crippen LogP contribution in [0.5, 0.6) is 0 Å². The molecule has 0 saturated heterocycles. The van der Waals surface area contributed by atoms with Crippen LogP contribution in [-0.4, -0.2) is 12.2 Å². The number of rotatable bonds is 3. The standard InChI is InChI=1S/C17H27FO/c1-13-3-5-14(6-4-13)12-19-17-9-7-16(2,8-10-17)15(18)11-17/h11,13-14H,3-10,12H2,1-2H3. The van der Waals surface area contributed by atoms with Crippen molar-refractivity contribution in [3.63, 3.8) is 0 Å². The van der Waals surface area contributed by atoms with Crippen molar-refractivity contribution in [1.29, 1.82) is 0 Å². The summed E-state index contributed by atoms with van der Waals surface area (Å²) in [4.78, 5) is 0. The molecule has 4 aliphatic rings. The highest BCUT2D eigenvalue weighted by Crippen LogP contribution is 2.53. The predicted octanol–water partition coefficient (Wildman–Crippen LogP) is 5.02. The van der Waals surface area contributed by atoms with E-state index in [1.807, 2.05) is 6.08 Å². The Hall–Kier alpha value is -0.370. The molecule has 0 N–H and O–H groups in total. The first kappa shape index (κ1) is 13.6. The van der Waals surface area contributed by atoms with Crippen molar-refractivity contribution in [2.45, 2.75) is 70.8 Å². The molecule has 2 fully saturated rings. The van der Waals surface area contributed by atoms with Crippen molar-refractivity contribution >= 4 is 0 Å². The Kier molecular flexibility index (Phi) is 3.49. The van der Waals surface area contributed by atoms with E-state index in [1.165, 1.54) is 25.7 Å². The number of ether oxygens (including phenoxy) is 1. The molecule has 0 spiro atoms.